The highest BCUT2D eigenvalue weighted by Crippen LogP contribution is 2.40. The fraction of sp³-hybridized carbons (Fsp3) is 0.421. The van der Waals surface area contributed by atoms with Crippen LogP contribution in [0.3, 0.4) is 0 Å². The Balaban J connectivity index is 1.80. The van der Waals surface area contributed by atoms with Crippen molar-refractivity contribution in [3.63, 3.8) is 0 Å². The molecule has 5 heteroatoms. The Morgan fingerprint density at radius 2 is 2.08 bits per heavy atom. The van der Waals surface area contributed by atoms with Crippen LogP contribution in [0.25, 0.3) is 11.0 Å². The van der Waals surface area contributed by atoms with Gasteiger partial charge in [0.1, 0.15) is 5.65 Å². The monoisotopic (exact) mass is 344 g/mol. The molecule has 1 saturated heterocycles. The fourth-order valence-corrected chi connectivity index (χ4v) is 3.64. The van der Waals surface area contributed by atoms with E-state index in [1.807, 2.05) is 25.4 Å². The minimum Gasteiger partial charge on any atom is -0.371 e. The van der Waals surface area contributed by atoms with Crippen LogP contribution >= 0.6 is 11.6 Å². The fourth-order valence-electron chi connectivity index (χ4n) is 3.57. The van der Waals surface area contributed by atoms with Crippen molar-refractivity contribution in [2.75, 3.05) is 24.5 Å². The maximum atomic E-state index is 6.18. The van der Waals surface area contributed by atoms with E-state index in [0.717, 1.165) is 36.6 Å². The molecule has 24 heavy (non-hydrogen) atoms. The first kappa shape index (κ1) is 17.1. The predicted molar refractivity (Wildman–Crippen MR) is 102 cm³/mol. The number of halogens is 1. The molecule has 0 spiro atoms. The van der Waals surface area contributed by atoms with Crippen LogP contribution in [-0.2, 0) is 0 Å². The Morgan fingerprint density at radius 3 is 2.75 bits per heavy atom. The van der Waals surface area contributed by atoms with Crippen LogP contribution < -0.4 is 10.6 Å². The van der Waals surface area contributed by atoms with Crippen LogP contribution in [0.2, 0.25) is 0 Å². The molecule has 4 nitrogen and oxygen atoms in total. The molecule has 128 valence electrons. The maximum Gasteiger partial charge on any atom is 0.139 e. The third kappa shape index (κ3) is 3.21. The number of nitrogens with one attached hydrogen (secondary N) is 1. The second kappa shape index (κ2) is 6.99. The summed E-state index contributed by atoms with van der Waals surface area (Å²) in [6.07, 6.45) is 10.0. The van der Waals surface area contributed by atoms with E-state index < -0.39 is 0 Å². The summed E-state index contributed by atoms with van der Waals surface area (Å²) in [6.45, 7) is 6.74. The number of aromatic nitrogens is 2. The van der Waals surface area contributed by atoms with Crippen molar-refractivity contribution in [2.24, 2.45) is 11.1 Å². The van der Waals surface area contributed by atoms with Crippen LogP contribution in [0.4, 0.5) is 5.69 Å². The Morgan fingerprint density at radius 1 is 1.33 bits per heavy atom. The summed E-state index contributed by atoms with van der Waals surface area (Å²) in [5.41, 5.74) is 9.77. The molecule has 3 rings (SSSR count). The van der Waals surface area contributed by atoms with Crippen LogP contribution in [-0.4, -0.2) is 29.6 Å². The predicted octanol–water partition coefficient (Wildman–Crippen LogP) is 4.20. The molecule has 1 aliphatic rings. The molecule has 1 aliphatic heterocycles. The average Bonchev–Trinajstić information content (AvgIpc) is 3.08. The van der Waals surface area contributed by atoms with Gasteiger partial charge in [0.05, 0.1) is 0 Å². The quantitative estimate of drug-likeness (QED) is 0.817. The third-order valence-electron chi connectivity index (χ3n) is 5.29. The molecule has 0 bridgehead atoms. The maximum absolute atomic E-state index is 6.18. The van der Waals surface area contributed by atoms with Crippen LogP contribution in [0, 0.1) is 5.41 Å². The molecule has 3 heterocycles. The van der Waals surface area contributed by atoms with Crippen molar-refractivity contribution in [1.82, 2.24) is 9.97 Å². The minimum absolute atomic E-state index is 0.0730. The molecule has 3 N–H and O–H groups in total. The van der Waals surface area contributed by atoms with Crippen LogP contribution in [0.1, 0.15) is 26.7 Å². The number of nitrogens with zero attached hydrogens (tertiary/aromatic N) is 2. The highest BCUT2D eigenvalue weighted by atomic mass is 35.5. The van der Waals surface area contributed by atoms with Gasteiger partial charge in [-0.25, -0.2) is 4.98 Å². The van der Waals surface area contributed by atoms with Gasteiger partial charge in [0.15, 0.2) is 0 Å². The summed E-state index contributed by atoms with van der Waals surface area (Å²) < 4.78 is 0. The van der Waals surface area contributed by atoms with E-state index in [1.54, 1.807) is 0 Å². The van der Waals surface area contributed by atoms with Gasteiger partial charge < -0.3 is 15.6 Å². The number of pyridine rings is 1. The van der Waals surface area contributed by atoms with E-state index >= 15 is 0 Å². The number of fused-ring (bicyclic) bond motifs is 1. The molecule has 1 fully saturated rings. The van der Waals surface area contributed by atoms with Gasteiger partial charge in [0, 0.05) is 53.5 Å². The number of hydrogen-bond donors (Lipinski definition) is 2. The molecule has 0 saturated carbocycles. The minimum atomic E-state index is 0.0730. The first-order chi connectivity index (χ1) is 11.6. The molecular formula is C19H25ClN4. The zero-order chi connectivity index (χ0) is 17.2. The molecule has 0 aromatic carbocycles. The van der Waals surface area contributed by atoms with E-state index in [0.29, 0.717) is 6.54 Å². The van der Waals surface area contributed by atoms with Gasteiger partial charge in [0.2, 0.25) is 0 Å². The van der Waals surface area contributed by atoms with Crippen molar-refractivity contribution in [2.45, 2.75) is 26.7 Å². The van der Waals surface area contributed by atoms with Crippen LogP contribution in [0.5, 0.6) is 0 Å². The highest BCUT2D eigenvalue weighted by Gasteiger charge is 2.35. The summed E-state index contributed by atoms with van der Waals surface area (Å²) in [4.78, 5) is 10.0. The van der Waals surface area contributed by atoms with E-state index in [-0.39, 0.29) is 5.41 Å². The van der Waals surface area contributed by atoms with Gasteiger partial charge >= 0.3 is 0 Å². The SMILES string of the molecule is C/C(Cl)=C\C=C(/C)C1(CN)CCN(c2ccnc3[nH]ccc23)CC1. The topological polar surface area (TPSA) is 57.9 Å². The molecule has 0 radical (unpaired) electrons. The summed E-state index contributed by atoms with van der Waals surface area (Å²) in [5, 5.41) is 1.98. The lowest BCUT2D eigenvalue weighted by molar-refractivity contribution is 0.283. The van der Waals surface area contributed by atoms with Crippen molar-refractivity contribution in [3.05, 3.63) is 47.3 Å². The Bertz CT molecular complexity index is 763. The summed E-state index contributed by atoms with van der Waals surface area (Å²) in [7, 11) is 0. The Kier molecular flexibility index (Phi) is 4.97. The summed E-state index contributed by atoms with van der Waals surface area (Å²) in [6, 6.07) is 4.20. The smallest absolute Gasteiger partial charge is 0.139 e. The molecule has 0 atom stereocenters. The number of allylic oxidation sites excluding steroid dienone is 3. The molecule has 0 amide bonds. The van der Waals surface area contributed by atoms with Crippen molar-refractivity contribution >= 4 is 28.3 Å². The van der Waals surface area contributed by atoms with Gasteiger partial charge in [-0.05, 0) is 44.9 Å². The number of nitrogens with two attached hydrogens (primary N) is 1. The zero-order valence-corrected chi connectivity index (χ0v) is 15.1. The lowest BCUT2D eigenvalue weighted by Crippen LogP contribution is -2.44. The van der Waals surface area contributed by atoms with Gasteiger partial charge in [-0.3, -0.25) is 0 Å². The van der Waals surface area contributed by atoms with Gasteiger partial charge in [-0.2, -0.15) is 0 Å². The molecule has 0 aliphatic carbocycles. The Hall–Kier alpha value is -1.78. The van der Waals surface area contributed by atoms with E-state index in [2.05, 4.69) is 40.0 Å². The first-order valence-electron chi connectivity index (χ1n) is 8.44. The highest BCUT2D eigenvalue weighted by molar-refractivity contribution is 6.29. The number of rotatable bonds is 4. The number of piperidine rings is 1. The van der Waals surface area contributed by atoms with E-state index in [4.69, 9.17) is 17.3 Å². The number of hydrogen-bond acceptors (Lipinski definition) is 3. The normalized spacial score (nSPS) is 19.1. The lowest BCUT2D eigenvalue weighted by atomic mass is 9.72. The average molecular weight is 345 g/mol. The van der Waals surface area contributed by atoms with Crippen LogP contribution in [0.15, 0.2) is 47.3 Å². The molecule has 0 unspecified atom stereocenters. The lowest BCUT2D eigenvalue weighted by Gasteiger charge is -2.43. The summed E-state index contributed by atoms with van der Waals surface area (Å²) >= 11 is 5.97. The number of aromatic amines is 1. The number of H-pyrrole nitrogens is 1. The zero-order valence-electron chi connectivity index (χ0n) is 14.3. The van der Waals surface area contributed by atoms with Crippen molar-refractivity contribution < 1.29 is 0 Å². The summed E-state index contributed by atoms with van der Waals surface area (Å²) in [5.74, 6) is 0. The first-order valence-corrected chi connectivity index (χ1v) is 8.82. The van der Waals surface area contributed by atoms with Gasteiger partial charge in [0.25, 0.3) is 0 Å². The van der Waals surface area contributed by atoms with Gasteiger partial charge in [-0.15, -0.1) is 0 Å². The largest absolute Gasteiger partial charge is 0.371 e. The molecule has 2 aromatic heterocycles. The molecule has 2 aromatic rings. The van der Waals surface area contributed by atoms with E-state index in [1.165, 1.54) is 16.6 Å². The standard InChI is InChI=1S/C19H25ClN4/c1-14(3-4-15(2)20)19(13-21)7-11-24(12-8-19)17-6-10-23-18-16(17)5-9-22-18/h3-6,9-10H,7-8,11-13,21H2,1-2H3,(H,22,23)/b14-3+,15-4+. The Labute approximate surface area is 148 Å². The molecular weight excluding hydrogens is 320 g/mol. The number of anilines is 1. The van der Waals surface area contributed by atoms with E-state index in [9.17, 15) is 0 Å². The second-order valence-electron chi connectivity index (χ2n) is 6.64. The van der Waals surface area contributed by atoms with Crippen molar-refractivity contribution in [3.8, 4) is 0 Å². The second-order valence-corrected chi connectivity index (χ2v) is 7.24. The third-order valence-corrected chi connectivity index (χ3v) is 5.41. The van der Waals surface area contributed by atoms with Gasteiger partial charge in [-0.1, -0.05) is 23.3 Å². The van der Waals surface area contributed by atoms with Crippen molar-refractivity contribution in [1.29, 1.82) is 0 Å².